The summed E-state index contributed by atoms with van der Waals surface area (Å²) in [7, 11) is 0. The Labute approximate surface area is 92.6 Å². The van der Waals surface area contributed by atoms with Crippen molar-refractivity contribution < 1.29 is 22.7 Å². The Balaban J connectivity index is 3.31. The molecular weight excluding hydrogens is 241 g/mol. The van der Waals surface area contributed by atoms with Gasteiger partial charge in [0.25, 0.3) is 5.91 Å². The first kappa shape index (κ1) is 12.6. The lowest BCUT2D eigenvalue weighted by Crippen LogP contribution is -2.20. The van der Waals surface area contributed by atoms with Crippen molar-refractivity contribution in [3.8, 4) is 11.8 Å². The third kappa shape index (κ3) is 2.97. The van der Waals surface area contributed by atoms with Gasteiger partial charge in [0.05, 0.1) is 5.56 Å². The number of hydrogen-bond acceptors (Lipinski definition) is 5. The molecule has 1 aromatic rings. The van der Waals surface area contributed by atoms with E-state index in [1.807, 2.05) is 0 Å². The van der Waals surface area contributed by atoms with E-state index in [1.54, 1.807) is 0 Å². The molecule has 0 bridgehead atoms. The van der Waals surface area contributed by atoms with Gasteiger partial charge in [-0.1, -0.05) is 0 Å². The summed E-state index contributed by atoms with van der Waals surface area (Å²) in [6.07, 6.45) is -4.99. The predicted molar refractivity (Wildman–Crippen MR) is 48.6 cm³/mol. The van der Waals surface area contributed by atoms with E-state index in [4.69, 9.17) is 16.7 Å². The number of nitrogens with zero attached hydrogens (tertiary/aromatic N) is 2. The second kappa shape index (κ2) is 4.17. The van der Waals surface area contributed by atoms with Gasteiger partial charge in [0.1, 0.15) is 6.07 Å². The number of nitrogen functional groups attached to an aromatic ring is 1. The van der Waals surface area contributed by atoms with E-state index in [9.17, 15) is 18.0 Å². The minimum absolute atomic E-state index is 0.468. The van der Waals surface area contributed by atoms with E-state index < -0.39 is 35.1 Å². The summed E-state index contributed by atoms with van der Waals surface area (Å²) in [5, 5.41) is 8.58. The average Bonchev–Trinajstić information content (AvgIpc) is 2.18. The lowest BCUT2D eigenvalue weighted by atomic mass is 10.2. The number of rotatable bonds is 2. The third-order valence-electron chi connectivity index (χ3n) is 1.61. The van der Waals surface area contributed by atoms with Gasteiger partial charge < -0.3 is 16.2 Å². The topological polar surface area (TPSA) is 115 Å². The summed E-state index contributed by atoms with van der Waals surface area (Å²) >= 11 is 0. The number of pyridine rings is 1. The molecule has 0 aliphatic carbocycles. The first-order valence-corrected chi connectivity index (χ1v) is 4.00. The summed E-state index contributed by atoms with van der Waals surface area (Å²) in [6, 6.07) is 2.10. The summed E-state index contributed by atoms with van der Waals surface area (Å²) < 4.78 is 39.4. The van der Waals surface area contributed by atoms with Crippen molar-refractivity contribution in [2.24, 2.45) is 5.73 Å². The van der Waals surface area contributed by atoms with Gasteiger partial charge in [0.15, 0.2) is 17.3 Å². The van der Waals surface area contributed by atoms with Crippen LogP contribution in [0.25, 0.3) is 0 Å². The molecule has 0 spiro atoms. The SMILES string of the molecule is N#Cc1nc(N)c(OC(F)(F)F)cc1C(N)=O. The Hall–Kier alpha value is -2.50. The second-order valence-corrected chi connectivity index (χ2v) is 2.79. The number of carbonyl (C=O) groups is 1. The smallest absolute Gasteiger partial charge is 0.402 e. The van der Waals surface area contributed by atoms with Gasteiger partial charge in [-0.2, -0.15) is 5.26 Å². The zero-order valence-corrected chi connectivity index (χ0v) is 8.08. The van der Waals surface area contributed by atoms with E-state index in [-0.39, 0.29) is 0 Å². The molecule has 0 aromatic carbocycles. The molecule has 9 heteroatoms. The van der Waals surface area contributed by atoms with Crippen molar-refractivity contribution in [3.05, 3.63) is 17.3 Å². The van der Waals surface area contributed by atoms with Gasteiger partial charge in [-0.05, 0) is 0 Å². The second-order valence-electron chi connectivity index (χ2n) is 2.79. The van der Waals surface area contributed by atoms with Crippen LogP contribution >= 0.6 is 0 Å². The lowest BCUT2D eigenvalue weighted by molar-refractivity contribution is -0.274. The minimum Gasteiger partial charge on any atom is -0.402 e. The van der Waals surface area contributed by atoms with Crippen LogP contribution in [-0.2, 0) is 0 Å². The van der Waals surface area contributed by atoms with Crippen LogP contribution in [0.5, 0.6) is 5.75 Å². The van der Waals surface area contributed by atoms with Crippen molar-refractivity contribution in [2.45, 2.75) is 6.36 Å². The highest BCUT2D eigenvalue weighted by atomic mass is 19.4. The Morgan fingerprint density at radius 1 is 1.53 bits per heavy atom. The molecule has 17 heavy (non-hydrogen) atoms. The molecule has 1 rings (SSSR count). The van der Waals surface area contributed by atoms with Gasteiger partial charge in [-0.25, -0.2) is 4.98 Å². The van der Waals surface area contributed by atoms with Crippen LogP contribution in [0.2, 0.25) is 0 Å². The zero-order chi connectivity index (χ0) is 13.2. The summed E-state index contributed by atoms with van der Waals surface area (Å²) in [4.78, 5) is 14.2. The molecule has 6 nitrogen and oxygen atoms in total. The Kier molecular flexibility index (Phi) is 3.08. The van der Waals surface area contributed by atoms with Crippen LogP contribution in [0.15, 0.2) is 6.07 Å². The minimum atomic E-state index is -4.99. The summed E-state index contributed by atoms with van der Waals surface area (Å²) in [5.74, 6) is -2.66. The first-order valence-electron chi connectivity index (χ1n) is 4.00. The van der Waals surface area contributed by atoms with Crippen molar-refractivity contribution in [3.63, 3.8) is 0 Å². The number of alkyl halides is 3. The fraction of sp³-hybridized carbons (Fsp3) is 0.125. The molecule has 0 saturated heterocycles. The van der Waals surface area contributed by atoms with Crippen LogP contribution in [-0.4, -0.2) is 17.3 Å². The number of anilines is 1. The zero-order valence-electron chi connectivity index (χ0n) is 8.08. The van der Waals surface area contributed by atoms with E-state index in [2.05, 4.69) is 9.72 Å². The van der Waals surface area contributed by atoms with Gasteiger partial charge >= 0.3 is 6.36 Å². The summed E-state index contributed by atoms with van der Waals surface area (Å²) in [6.45, 7) is 0. The molecular formula is C8H5F3N4O2. The fourth-order valence-electron chi connectivity index (χ4n) is 0.989. The Bertz CT molecular complexity index is 507. The molecule has 90 valence electrons. The number of aromatic nitrogens is 1. The molecule has 0 aliphatic rings. The molecule has 0 atom stereocenters. The van der Waals surface area contributed by atoms with Crippen LogP contribution in [0, 0.1) is 11.3 Å². The average molecular weight is 246 g/mol. The van der Waals surface area contributed by atoms with Crippen LogP contribution in [0.4, 0.5) is 19.0 Å². The number of nitriles is 1. The van der Waals surface area contributed by atoms with Crippen LogP contribution < -0.4 is 16.2 Å². The molecule has 0 aliphatic heterocycles. The van der Waals surface area contributed by atoms with Crippen LogP contribution in [0.3, 0.4) is 0 Å². The number of primary amides is 1. The number of carbonyl (C=O) groups excluding carboxylic acids is 1. The van der Waals surface area contributed by atoms with Crippen molar-refractivity contribution in [2.75, 3.05) is 5.73 Å². The van der Waals surface area contributed by atoms with Gasteiger partial charge in [-0.15, -0.1) is 13.2 Å². The molecule has 0 unspecified atom stereocenters. The predicted octanol–water partition coefficient (Wildman–Crippen LogP) is 0.533. The van der Waals surface area contributed by atoms with Gasteiger partial charge in [-0.3, -0.25) is 4.79 Å². The van der Waals surface area contributed by atoms with E-state index >= 15 is 0 Å². The Morgan fingerprint density at radius 3 is 2.53 bits per heavy atom. The van der Waals surface area contributed by atoms with Crippen LogP contribution in [0.1, 0.15) is 16.1 Å². The number of amides is 1. The molecule has 0 saturated carbocycles. The van der Waals surface area contributed by atoms with Crippen molar-refractivity contribution in [1.29, 1.82) is 5.26 Å². The standard InChI is InChI=1S/C8H5F3N4O2/c9-8(10,11)17-5-1-3(7(14)16)4(2-12)15-6(5)13/h1H,(H2,13,15)(H2,14,16). The van der Waals surface area contributed by atoms with Crippen molar-refractivity contribution in [1.82, 2.24) is 4.98 Å². The maximum absolute atomic E-state index is 11.9. The van der Waals surface area contributed by atoms with E-state index in [0.29, 0.717) is 6.07 Å². The molecule has 0 fully saturated rings. The lowest BCUT2D eigenvalue weighted by Gasteiger charge is -2.11. The third-order valence-corrected chi connectivity index (χ3v) is 1.61. The number of nitrogens with two attached hydrogens (primary N) is 2. The molecule has 1 heterocycles. The monoisotopic (exact) mass is 246 g/mol. The largest absolute Gasteiger partial charge is 0.573 e. The number of hydrogen-bond donors (Lipinski definition) is 2. The molecule has 4 N–H and O–H groups in total. The number of halogens is 3. The maximum Gasteiger partial charge on any atom is 0.573 e. The molecule has 1 amide bonds. The molecule has 0 radical (unpaired) electrons. The highest BCUT2D eigenvalue weighted by molar-refractivity contribution is 5.95. The number of ether oxygens (including phenoxy) is 1. The van der Waals surface area contributed by atoms with E-state index in [0.717, 1.165) is 0 Å². The summed E-state index contributed by atoms with van der Waals surface area (Å²) in [5.41, 5.74) is 9.03. The quantitative estimate of drug-likeness (QED) is 0.789. The van der Waals surface area contributed by atoms with Gasteiger partial charge in [0.2, 0.25) is 0 Å². The fourth-order valence-corrected chi connectivity index (χ4v) is 0.989. The highest BCUT2D eigenvalue weighted by Gasteiger charge is 2.33. The normalized spacial score (nSPS) is 10.7. The maximum atomic E-state index is 11.9. The van der Waals surface area contributed by atoms with E-state index in [1.165, 1.54) is 6.07 Å². The highest BCUT2D eigenvalue weighted by Crippen LogP contribution is 2.28. The molecule has 1 aromatic heterocycles. The first-order chi connectivity index (χ1) is 7.74. The van der Waals surface area contributed by atoms with Crippen molar-refractivity contribution >= 4 is 11.7 Å². The van der Waals surface area contributed by atoms with Gasteiger partial charge in [0, 0.05) is 6.07 Å². The Morgan fingerprint density at radius 2 is 2.12 bits per heavy atom.